The van der Waals surface area contributed by atoms with Crippen molar-refractivity contribution in [1.82, 2.24) is 10.2 Å². The van der Waals surface area contributed by atoms with Crippen LogP contribution in [0.1, 0.15) is 17.7 Å². The van der Waals surface area contributed by atoms with E-state index in [-0.39, 0.29) is 5.91 Å². The molecule has 0 aliphatic carbocycles. The van der Waals surface area contributed by atoms with Crippen LogP contribution in [-0.2, 0) is 10.5 Å². The fraction of sp³-hybridized carbons (Fsp3) is 0.227. The molecule has 0 radical (unpaired) electrons. The molecule has 4 rings (SSSR count). The molecule has 0 atom stereocenters. The van der Waals surface area contributed by atoms with Crippen LogP contribution in [0.25, 0.3) is 11.3 Å². The summed E-state index contributed by atoms with van der Waals surface area (Å²) in [6.45, 7) is 0.632. The van der Waals surface area contributed by atoms with E-state index in [9.17, 15) is 4.79 Å². The number of nitrogens with zero attached hydrogens (tertiary/aromatic N) is 3. The first-order valence-electron chi connectivity index (χ1n) is 9.34. The molecule has 6 nitrogen and oxygen atoms in total. The Bertz CT molecular complexity index is 1000. The summed E-state index contributed by atoms with van der Waals surface area (Å²) in [5.74, 6) is 2.48. The molecule has 0 unspecified atom stereocenters. The minimum absolute atomic E-state index is 0.0100. The van der Waals surface area contributed by atoms with Crippen LogP contribution < -0.4 is 4.74 Å². The monoisotopic (exact) mass is 407 g/mol. The number of aromatic nitrogens is 1. The van der Waals surface area contributed by atoms with Gasteiger partial charge in [-0.2, -0.15) is 5.10 Å². The summed E-state index contributed by atoms with van der Waals surface area (Å²) in [6.07, 6.45) is 0.785. The summed E-state index contributed by atoms with van der Waals surface area (Å²) in [4.78, 5) is 12.4. The van der Waals surface area contributed by atoms with Gasteiger partial charge in [-0.05, 0) is 29.8 Å². The highest BCUT2D eigenvalue weighted by molar-refractivity contribution is 7.99. The SMILES string of the molecule is COc1ccc(-c2cc(CSCC(=O)N3CCC(c4ccccc4)=N3)on2)cc1. The molecule has 2 heterocycles. The Balaban J connectivity index is 1.29. The lowest BCUT2D eigenvalue weighted by Crippen LogP contribution is -2.25. The summed E-state index contributed by atoms with van der Waals surface area (Å²) in [6, 6.07) is 19.5. The van der Waals surface area contributed by atoms with Gasteiger partial charge in [-0.15, -0.1) is 11.8 Å². The number of hydrogen-bond donors (Lipinski definition) is 0. The molecule has 0 saturated heterocycles. The highest BCUT2D eigenvalue weighted by Gasteiger charge is 2.21. The van der Waals surface area contributed by atoms with Gasteiger partial charge in [0.15, 0.2) is 0 Å². The number of hydrogen-bond acceptors (Lipinski definition) is 6. The molecule has 2 aromatic carbocycles. The Morgan fingerprint density at radius 1 is 1.14 bits per heavy atom. The number of amides is 1. The molecule has 29 heavy (non-hydrogen) atoms. The number of rotatable bonds is 7. The van der Waals surface area contributed by atoms with Gasteiger partial charge in [0.05, 0.1) is 30.9 Å². The van der Waals surface area contributed by atoms with Gasteiger partial charge in [0.25, 0.3) is 5.91 Å². The van der Waals surface area contributed by atoms with Crippen molar-refractivity contribution >= 4 is 23.4 Å². The second-order valence-electron chi connectivity index (χ2n) is 6.58. The van der Waals surface area contributed by atoms with Crippen molar-refractivity contribution in [3.05, 3.63) is 72.0 Å². The molecule has 0 N–H and O–H groups in total. The molecular weight excluding hydrogens is 386 g/mol. The third-order valence-corrected chi connectivity index (χ3v) is 5.55. The van der Waals surface area contributed by atoms with Crippen molar-refractivity contribution in [3.63, 3.8) is 0 Å². The molecule has 0 bridgehead atoms. The smallest absolute Gasteiger partial charge is 0.252 e. The van der Waals surface area contributed by atoms with Gasteiger partial charge in [0, 0.05) is 18.1 Å². The summed E-state index contributed by atoms with van der Waals surface area (Å²) in [5, 5.41) is 10.2. The van der Waals surface area contributed by atoms with Gasteiger partial charge in [0.2, 0.25) is 0 Å². The van der Waals surface area contributed by atoms with Crippen LogP contribution in [-0.4, -0.2) is 41.2 Å². The predicted molar refractivity (Wildman–Crippen MR) is 114 cm³/mol. The van der Waals surface area contributed by atoms with Gasteiger partial charge in [-0.1, -0.05) is 35.5 Å². The molecule has 0 spiro atoms. The highest BCUT2D eigenvalue weighted by Crippen LogP contribution is 2.24. The van der Waals surface area contributed by atoms with Crippen molar-refractivity contribution in [3.8, 4) is 17.0 Å². The zero-order valence-electron chi connectivity index (χ0n) is 16.1. The van der Waals surface area contributed by atoms with Crippen molar-refractivity contribution < 1.29 is 14.1 Å². The standard InChI is InChI=1S/C22H21N3O3S/c1-27-18-9-7-17(8-10-18)21-13-19(28-24-21)14-29-15-22(26)25-12-11-20(23-25)16-5-3-2-4-6-16/h2-10,13H,11-12,14-15H2,1H3. The zero-order valence-corrected chi connectivity index (χ0v) is 16.9. The average Bonchev–Trinajstić information content (AvgIpc) is 3.45. The maximum Gasteiger partial charge on any atom is 0.252 e. The van der Waals surface area contributed by atoms with Gasteiger partial charge in [0.1, 0.15) is 17.2 Å². The molecule has 7 heteroatoms. The normalized spacial score (nSPS) is 13.4. The van der Waals surface area contributed by atoms with Crippen LogP contribution >= 0.6 is 11.8 Å². The number of ether oxygens (including phenoxy) is 1. The Morgan fingerprint density at radius 2 is 1.93 bits per heavy atom. The van der Waals surface area contributed by atoms with Gasteiger partial charge < -0.3 is 9.26 Å². The fourth-order valence-corrected chi connectivity index (χ4v) is 3.83. The second-order valence-corrected chi connectivity index (χ2v) is 7.56. The molecule has 1 aliphatic rings. The predicted octanol–water partition coefficient (Wildman–Crippen LogP) is 4.22. The minimum atomic E-state index is 0.0100. The molecule has 1 amide bonds. The lowest BCUT2D eigenvalue weighted by Gasteiger charge is -2.10. The van der Waals surface area contributed by atoms with Crippen LogP contribution in [0.5, 0.6) is 5.75 Å². The lowest BCUT2D eigenvalue weighted by molar-refractivity contribution is -0.127. The second kappa shape index (κ2) is 8.96. The quantitative estimate of drug-likeness (QED) is 0.587. The van der Waals surface area contributed by atoms with Crippen LogP contribution in [0, 0.1) is 0 Å². The first kappa shape index (κ1) is 19.3. The zero-order chi connectivity index (χ0) is 20.1. The van der Waals surface area contributed by atoms with Crippen LogP contribution in [0.15, 0.2) is 70.3 Å². The van der Waals surface area contributed by atoms with Crippen molar-refractivity contribution in [1.29, 1.82) is 0 Å². The van der Waals surface area contributed by atoms with E-state index in [1.807, 2.05) is 60.7 Å². The van der Waals surface area contributed by atoms with Gasteiger partial charge in [-0.3, -0.25) is 4.79 Å². The largest absolute Gasteiger partial charge is 0.497 e. The lowest BCUT2D eigenvalue weighted by atomic mass is 10.1. The summed E-state index contributed by atoms with van der Waals surface area (Å²) < 4.78 is 10.6. The van der Waals surface area contributed by atoms with E-state index in [0.717, 1.165) is 40.5 Å². The van der Waals surface area contributed by atoms with E-state index in [1.165, 1.54) is 11.8 Å². The van der Waals surface area contributed by atoms with Gasteiger partial charge >= 0.3 is 0 Å². The van der Waals surface area contributed by atoms with Crippen LogP contribution in [0.2, 0.25) is 0 Å². The summed E-state index contributed by atoms with van der Waals surface area (Å²) in [5.41, 5.74) is 3.76. The number of carbonyl (C=O) groups is 1. The minimum Gasteiger partial charge on any atom is -0.497 e. The summed E-state index contributed by atoms with van der Waals surface area (Å²) in [7, 11) is 1.64. The summed E-state index contributed by atoms with van der Waals surface area (Å²) >= 11 is 1.50. The van der Waals surface area contributed by atoms with Crippen molar-refractivity contribution in [2.24, 2.45) is 5.10 Å². The van der Waals surface area contributed by atoms with Crippen LogP contribution in [0.3, 0.4) is 0 Å². The topological polar surface area (TPSA) is 67.9 Å². The van der Waals surface area contributed by atoms with E-state index in [2.05, 4.69) is 10.3 Å². The molecule has 0 saturated carbocycles. The number of methoxy groups -OCH3 is 1. The Hall–Kier alpha value is -3.06. The van der Waals surface area contributed by atoms with E-state index in [1.54, 1.807) is 12.1 Å². The van der Waals surface area contributed by atoms with Gasteiger partial charge in [-0.25, -0.2) is 5.01 Å². The van der Waals surface area contributed by atoms with E-state index in [4.69, 9.17) is 9.26 Å². The maximum absolute atomic E-state index is 12.4. The third kappa shape index (κ3) is 4.68. The number of carbonyl (C=O) groups excluding carboxylic acids is 1. The molecular formula is C22H21N3O3S. The maximum atomic E-state index is 12.4. The van der Waals surface area contributed by atoms with Crippen molar-refractivity contribution in [2.75, 3.05) is 19.4 Å². The van der Waals surface area contributed by atoms with E-state index < -0.39 is 0 Å². The first-order valence-corrected chi connectivity index (χ1v) is 10.5. The molecule has 3 aromatic rings. The number of hydrazone groups is 1. The Morgan fingerprint density at radius 3 is 2.69 bits per heavy atom. The first-order chi connectivity index (χ1) is 14.2. The third-order valence-electron chi connectivity index (χ3n) is 4.61. The average molecular weight is 407 g/mol. The van der Waals surface area contributed by atoms with E-state index >= 15 is 0 Å². The number of thioether (sulfide) groups is 1. The van der Waals surface area contributed by atoms with Crippen LogP contribution in [0.4, 0.5) is 0 Å². The molecule has 1 aromatic heterocycles. The molecule has 0 fully saturated rings. The Kier molecular flexibility index (Phi) is 5.95. The highest BCUT2D eigenvalue weighted by atomic mass is 32.2. The van der Waals surface area contributed by atoms with E-state index in [0.29, 0.717) is 18.1 Å². The molecule has 148 valence electrons. The fourth-order valence-electron chi connectivity index (χ4n) is 3.06. The Labute approximate surface area is 173 Å². The molecule has 1 aliphatic heterocycles. The van der Waals surface area contributed by atoms with Crippen molar-refractivity contribution in [2.45, 2.75) is 12.2 Å². The number of benzene rings is 2.